The molecule has 0 amide bonds. The second-order valence-electron chi connectivity index (χ2n) is 4.25. The Morgan fingerprint density at radius 1 is 1.05 bits per heavy atom. The summed E-state index contributed by atoms with van der Waals surface area (Å²) in [7, 11) is 0. The van der Waals surface area contributed by atoms with Crippen molar-refractivity contribution in [2.75, 3.05) is 26.2 Å². The normalized spacial score (nSPS) is 17.3. The van der Waals surface area contributed by atoms with Crippen molar-refractivity contribution in [3.63, 3.8) is 0 Å². The van der Waals surface area contributed by atoms with Gasteiger partial charge in [-0.1, -0.05) is 0 Å². The Bertz CT molecular complexity index is 389. The molecule has 0 bridgehead atoms. The molecule has 0 saturated carbocycles. The molecule has 0 radical (unpaired) electrons. The molecule has 7 heteroatoms. The van der Waals surface area contributed by atoms with Gasteiger partial charge in [-0.15, -0.1) is 24.8 Å². The van der Waals surface area contributed by atoms with Gasteiger partial charge in [0.1, 0.15) is 17.5 Å². The molecule has 1 atom stereocenters. The highest BCUT2D eigenvalue weighted by Crippen LogP contribution is 2.26. The van der Waals surface area contributed by atoms with Gasteiger partial charge in [0, 0.05) is 49.9 Å². The van der Waals surface area contributed by atoms with Gasteiger partial charge in [-0.25, -0.2) is 13.2 Å². The summed E-state index contributed by atoms with van der Waals surface area (Å²) < 4.78 is 40.0. The van der Waals surface area contributed by atoms with Crippen molar-refractivity contribution in [3.05, 3.63) is 35.1 Å². The minimum atomic E-state index is -0.878. The summed E-state index contributed by atoms with van der Waals surface area (Å²) in [5, 5.41) is 3.17. The van der Waals surface area contributed by atoms with Crippen molar-refractivity contribution < 1.29 is 13.2 Å². The van der Waals surface area contributed by atoms with E-state index in [0.29, 0.717) is 0 Å². The highest BCUT2D eigenvalue weighted by atomic mass is 35.5. The van der Waals surface area contributed by atoms with Crippen LogP contribution in [0.5, 0.6) is 0 Å². The lowest BCUT2D eigenvalue weighted by Gasteiger charge is -2.33. The molecule has 110 valence electrons. The van der Waals surface area contributed by atoms with Crippen molar-refractivity contribution >= 4 is 24.8 Å². The fraction of sp³-hybridized carbons (Fsp3) is 0.500. The number of benzene rings is 1. The topological polar surface area (TPSA) is 15.3 Å². The molecular formula is C12H17Cl2F3N2. The van der Waals surface area contributed by atoms with Crippen molar-refractivity contribution in [1.29, 1.82) is 0 Å². The van der Waals surface area contributed by atoms with Gasteiger partial charge < -0.3 is 5.32 Å². The highest BCUT2D eigenvalue weighted by Gasteiger charge is 2.24. The Morgan fingerprint density at radius 2 is 1.53 bits per heavy atom. The van der Waals surface area contributed by atoms with Crippen LogP contribution in [0.2, 0.25) is 0 Å². The average Bonchev–Trinajstić information content (AvgIpc) is 2.28. The van der Waals surface area contributed by atoms with E-state index in [2.05, 4.69) is 5.32 Å². The predicted octanol–water partition coefficient (Wildman–Crippen LogP) is 2.91. The van der Waals surface area contributed by atoms with Crippen LogP contribution in [0, 0.1) is 17.5 Å². The SMILES string of the molecule is C[C@@H](c1c(F)cc(F)cc1F)N1CCNCC1.Cl.Cl. The summed E-state index contributed by atoms with van der Waals surface area (Å²) in [5.74, 6) is -2.50. The van der Waals surface area contributed by atoms with Crippen molar-refractivity contribution in [2.24, 2.45) is 0 Å². The molecule has 1 saturated heterocycles. The van der Waals surface area contributed by atoms with Crippen LogP contribution in [0.3, 0.4) is 0 Å². The van der Waals surface area contributed by atoms with Gasteiger partial charge in [0.15, 0.2) is 0 Å². The first-order valence-corrected chi connectivity index (χ1v) is 5.69. The lowest BCUT2D eigenvalue weighted by atomic mass is 10.0. The van der Waals surface area contributed by atoms with E-state index >= 15 is 0 Å². The maximum Gasteiger partial charge on any atom is 0.133 e. The molecule has 1 N–H and O–H groups in total. The van der Waals surface area contributed by atoms with Gasteiger partial charge in [0.05, 0.1) is 0 Å². The van der Waals surface area contributed by atoms with E-state index in [1.54, 1.807) is 6.92 Å². The summed E-state index contributed by atoms with van der Waals surface area (Å²) >= 11 is 0. The second kappa shape index (κ2) is 7.94. The third kappa shape index (κ3) is 4.24. The molecule has 1 aliphatic rings. The molecule has 0 aromatic heterocycles. The molecule has 19 heavy (non-hydrogen) atoms. The molecule has 1 aromatic carbocycles. The molecule has 2 rings (SSSR count). The van der Waals surface area contributed by atoms with Crippen LogP contribution < -0.4 is 5.32 Å². The van der Waals surface area contributed by atoms with Gasteiger partial charge in [-0.2, -0.15) is 0 Å². The minimum absolute atomic E-state index is 0. The molecule has 1 aliphatic heterocycles. The average molecular weight is 317 g/mol. The second-order valence-corrected chi connectivity index (χ2v) is 4.25. The largest absolute Gasteiger partial charge is 0.314 e. The minimum Gasteiger partial charge on any atom is -0.314 e. The third-order valence-corrected chi connectivity index (χ3v) is 3.16. The Hall–Kier alpha value is -0.490. The third-order valence-electron chi connectivity index (χ3n) is 3.16. The zero-order chi connectivity index (χ0) is 12.4. The highest BCUT2D eigenvalue weighted by molar-refractivity contribution is 5.85. The monoisotopic (exact) mass is 316 g/mol. The number of nitrogens with one attached hydrogen (secondary N) is 1. The van der Waals surface area contributed by atoms with Crippen LogP contribution in [0.4, 0.5) is 13.2 Å². The Morgan fingerprint density at radius 3 is 2.00 bits per heavy atom. The predicted molar refractivity (Wildman–Crippen MR) is 73.7 cm³/mol. The smallest absolute Gasteiger partial charge is 0.133 e. The van der Waals surface area contributed by atoms with Crippen LogP contribution in [-0.4, -0.2) is 31.1 Å². The number of nitrogens with zero attached hydrogens (tertiary/aromatic N) is 1. The lowest BCUT2D eigenvalue weighted by Crippen LogP contribution is -2.44. The number of hydrogen-bond donors (Lipinski definition) is 1. The number of hydrogen-bond acceptors (Lipinski definition) is 2. The maximum absolute atomic E-state index is 13.6. The van der Waals surface area contributed by atoms with Gasteiger partial charge in [-0.05, 0) is 6.92 Å². The van der Waals surface area contributed by atoms with E-state index in [9.17, 15) is 13.2 Å². The van der Waals surface area contributed by atoms with Crippen LogP contribution >= 0.6 is 24.8 Å². The van der Waals surface area contributed by atoms with Gasteiger partial charge in [0.25, 0.3) is 0 Å². The number of piperazine rings is 1. The van der Waals surface area contributed by atoms with Crippen LogP contribution in [-0.2, 0) is 0 Å². The van der Waals surface area contributed by atoms with E-state index < -0.39 is 17.5 Å². The number of rotatable bonds is 2. The van der Waals surface area contributed by atoms with E-state index in [0.717, 1.165) is 38.3 Å². The summed E-state index contributed by atoms with van der Waals surface area (Å²) in [6.07, 6.45) is 0. The van der Waals surface area contributed by atoms with Crippen LogP contribution in [0.15, 0.2) is 12.1 Å². The molecule has 1 heterocycles. The van der Waals surface area contributed by atoms with Crippen molar-refractivity contribution in [3.8, 4) is 0 Å². The lowest BCUT2D eigenvalue weighted by molar-refractivity contribution is 0.178. The molecule has 1 fully saturated rings. The van der Waals surface area contributed by atoms with E-state index in [1.807, 2.05) is 4.90 Å². The molecule has 0 aliphatic carbocycles. The quantitative estimate of drug-likeness (QED) is 0.902. The molecular weight excluding hydrogens is 300 g/mol. The van der Waals surface area contributed by atoms with Gasteiger partial charge >= 0.3 is 0 Å². The first-order valence-electron chi connectivity index (χ1n) is 5.69. The maximum atomic E-state index is 13.6. The first kappa shape index (κ1) is 18.5. The molecule has 0 unspecified atom stereocenters. The molecule has 2 nitrogen and oxygen atoms in total. The zero-order valence-corrected chi connectivity index (χ0v) is 12.1. The fourth-order valence-corrected chi connectivity index (χ4v) is 2.20. The van der Waals surface area contributed by atoms with Crippen molar-refractivity contribution in [1.82, 2.24) is 10.2 Å². The van der Waals surface area contributed by atoms with E-state index in [1.165, 1.54) is 0 Å². The Labute approximate surface area is 123 Å². The van der Waals surface area contributed by atoms with Gasteiger partial charge in [-0.3, -0.25) is 4.90 Å². The van der Waals surface area contributed by atoms with E-state index in [4.69, 9.17) is 0 Å². The Kier molecular flexibility index (Phi) is 7.74. The van der Waals surface area contributed by atoms with Crippen molar-refractivity contribution in [2.45, 2.75) is 13.0 Å². The standard InChI is InChI=1S/C12H15F3N2.2ClH/c1-8(17-4-2-16-3-5-17)12-10(14)6-9(13)7-11(12)15;;/h6-8,16H,2-5H2,1H3;2*1H/t8-;;/m0../s1. The molecule has 0 spiro atoms. The van der Waals surface area contributed by atoms with Crippen LogP contribution in [0.1, 0.15) is 18.5 Å². The van der Waals surface area contributed by atoms with Crippen LogP contribution in [0.25, 0.3) is 0 Å². The zero-order valence-electron chi connectivity index (χ0n) is 10.5. The first-order chi connectivity index (χ1) is 8.09. The Balaban J connectivity index is 0.00000162. The number of halogens is 5. The summed E-state index contributed by atoms with van der Waals surface area (Å²) in [6, 6.07) is 1.09. The summed E-state index contributed by atoms with van der Waals surface area (Å²) in [5.41, 5.74) is -0.0479. The summed E-state index contributed by atoms with van der Waals surface area (Å²) in [4.78, 5) is 1.98. The fourth-order valence-electron chi connectivity index (χ4n) is 2.20. The molecule has 1 aromatic rings. The van der Waals surface area contributed by atoms with Gasteiger partial charge in [0.2, 0.25) is 0 Å². The summed E-state index contributed by atoms with van der Waals surface area (Å²) in [6.45, 7) is 4.81. The van der Waals surface area contributed by atoms with E-state index in [-0.39, 0.29) is 36.4 Å².